The summed E-state index contributed by atoms with van der Waals surface area (Å²) in [4.78, 5) is 21.9. The fraction of sp³-hybridized carbons (Fsp3) is 0.778. The first-order valence-electron chi connectivity index (χ1n) is 4.32. The maximum absolute atomic E-state index is 11.2. The van der Waals surface area contributed by atoms with Gasteiger partial charge in [0.15, 0.2) is 0 Å². The molecule has 76 valence electrons. The molecule has 4 heteroatoms. The van der Waals surface area contributed by atoms with Crippen molar-refractivity contribution in [1.29, 1.82) is 0 Å². The first-order valence-corrected chi connectivity index (χ1v) is 4.32. The van der Waals surface area contributed by atoms with Gasteiger partial charge >= 0.3 is 11.9 Å². The Labute approximate surface area is 78.2 Å². The molecule has 0 aromatic rings. The van der Waals surface area contributed by atoms with Crippen LogP contribution in [-0.4, -0.2) is 24.6 Å². The molecule has 4 nitrogen and oxygen atoms in total. The standard InChI is InChI=1S/C9H16O4/c1-5-12-9(11)8(6(2)3)13-7(4)10/h6,8H,5H2,1-4H3/t8-/m1/s1. The average molecular weight is 188 g/mol. The molecule has 13 heavy (non-hydrogen) atoms. The molecule has 0 bridgehead atoms. The number of ether oxygens (including phenoxy) is 2. The third-order valence-corrected chi connectivity index (χ3v) is 1.42. The summed E-state index contributed by atoms with van der Waals surface area (Å²) in [6.07, 6.45) is -0.780. The largest absolute Gasteiger partial charge is 0.463 e. The third-order valence-electron chi connectivity index (χ3n) is 1.42. The Morgan fingerprint density at radius 2 is 1.85 bits per heavy atom. The normalized spacial score (nSPS) is 12.4. The summed E-state index contributed by atoms with van der Waals surface area (Å²) in [5.41, 5.74) is 0. The fourth-order valence-corrected chi connectivity index (χ4v) is 0.860. The van der Waals surface area contributed by atoms with Gasteiger partial charge in [0.1, 0.15) is 0 Å². The smallest absolute Gasteiger partial charge is 0.347 e. The van der Waals surface area contributed by atoms with Gasteiger partial charge in [-0.15, -0.1) is 0 Å². The van der Waals surface area contributed by atoms with E-state index in [2.05, 4.69) is 0 Å². The lowest BCUT2D eigenvalue weighted by molar-refractivity contribution is -0.169. The van der Waals surface area contributed by atoms with Crippen LogP contribution in [0.2, 0.25) is 0 Å². The Morgan fingerprint density at radius 1 is 1.31 bits per heavy atom. The van der Waals surface area contributed by atoms with Gasteiger partial charge < -0.3 is 9.47 Å². The van der Waals surface area contributed by atoms with Gasteiger partial charge in [-0.25, -0.2) is 4.79 Å². The van der Waals surface area contributed by atoms with Crippen LogP contribution in [0.4, 0.5) is 0 Å². The molecule has 0 aliphatic carbocycles. The van der Waals surface area contributed by atoms with Gasteiger partial charge in [0.2, 0.25) is 6.10 Å². The number of esters is 2. The molecule has 0 heterocycles. The lowest BCUT2D eigenvalue weighted by Crippen LogP contribution is -2.33. The van der Waals surface area contributed by atoms with Gasteiger partial charge in [-0.1, -0.05) is 13.8 Å². The van der Waals surface area contributed by atoms with Gasteiger partial charge in [-0.3, -0.25) is 4.79 Å². The van der Waals surface area contributed by atoms with Crippen LogP contribution in [0.25, 0.3) is 0 Å². The van der Waals surface area contributed by atoms with Crippen LogP contribution in [0.15, 0.2) is 0 Å². The van der Waals surface area contributed by atoms with Gasteiger partial charge in [-0.05, 0) is 6.92 Å². The molecule has 1 atom stereocenters. The molecule has 0 spiro atoms. The first kappa shape index (κ1) is 11.9. The second kappa shape index (κ2) is 5.56. The van der Waals surface area contributed by atoms with Crippen molar-refractivity contribution < 1.29 is 19.1 Å². The van der Waals surface area contributed by atoms with Gasteiger partial charge in [-0.2, -0.15) is 0 Å². The predicted octanol–water partition coefficient (Wildman–Crippen LogP) is 1.14. The average Bonchev–Trinajstić information content (AvgIpc) is 1.99. The van der Waals surface area contributed by atoms with E-state index in [4.69, 9.17) is 9.47 Å². The van der Waals surface area contributed by atoms with Crippen molar-refractivity contribution in [1.82, 2.24) is 0 Å². The Kier molecular flexibility index (Phi) is 5.11. The summed E-state index contributed by atoms with van der Waals surface area (Å²) in [6, 6.07) is 0. The summed E-state index contributed by atoms with van der Waals surface area (Å²) in [6.45, 7) is 6.87. The molecule has 0 N–H and O–H groups in total. The summed E-state index contributed by atoms with van der Waals surface area (Å²) in [5, 5.41) is 0. The van der Waals surface area contributed by atoms with E-state index in [1.807, 2.05) is 0 Å². The minimum absolute atomic E-state index is 0.0667. The highest BCUT2D eigenvalue weighted by Crippen LogP contribution is 2.08. The minimum Gasteiger partial charge on any atom is -0.463 e. The molecule has 0 saturated carbocycles. The second-order valence-corrected chi connectivity index (χ2v) is 3.03. The summed E-state index contributed by atoms with van der Waals surface area (Å²) in [7, 11) is 0. The summed E-state index contributed by atoms with van der Waals surface area (Å²) >= 11 is 0. The van der Waals surface area contributed by atoms with E-state index in [-0.39, 0.29) is 5.92 Å². The first-order chi connectivity index (χ1) is 5.99. The SMILES string of the molecule is CCOC(=O)[C@H](OC(C)=O)C(C)C. The molecule has 0 radical (unpaired) electrons. The zero-order valence-electron chi connectivity index (χ0n) is 8.49. The van der Waals surface area contributed by atoms with Crippen LogP contribution in [0.3, 0.4) is 0 Å². The highest BCUT2D eigenvalue weighted by Gasteiger charge is 2.26. The number of rotatable bonds is 4. The van der Waals surface area contributed by atoms with Gasteiger partial charge in [0, 0.05) is 12.8 Å². The topological polar surface area (TPSA) is 52.6 Å². The van der Waals surface area contributed by atoms with Crippen molar-refractivity contribution in [3.63, 3.8) is 0 Å². The van der Waals surface area contributed by atoms with E-state index in [1.54, 1.807) is 20.8 Å². The van der Waals surface area contributed by atoms with Crippen molar-refractivity contribution >= 4 is 11.9 Å². The number of hydrogen-bond acceptors (Lipinski definition) is 4. The van der Waals surface area contributed by atoms with Crippen LogP contribution in [0, 0.1) is 5.92 Å². The van der Waals surface area contributed by atoms with E-state index in [0.717, 1.165) is 0 Å². The summed E-state index contributed by atoms with van der Waals surface area (Å²) < 4.78 is 9.56. The van der Waals surface area contributed by atoms with Crippen molar-refractivity contribution in [2.75, 3.05) is 6.61 Å². The Balaban J connectivity index is 4.24. The maximum atomic E-state index is 11.2. The monoisotopic (exact) mass is 188 g/mol. The molecule has 0 fully saturated rings. The van der Waals surface area contributed by atoms with Crippen LogP contribution in [0.1, 0.15) is 27.7 Å². The molecule has 0 aliphatic heterocycles. The molecular formula is C9H16O4. The highest BCUT2D eigenvalue weighted by molar-refractivity contribution is 5.78. The molecule has 0 rings (SSSR count). The van der Waals surface area contributed by atoms with Crippen LogP contribution < -0.4 is 0 Å². The van der Waals surface area contributed by atoms with Crippen molar-refractivity contribution in [3.8, 4) is 0 Å². The number of carbonyl (C=O) groups excluding carboxylic acids is 2. The zero-order valence-corrected chi connectivity index (χ0v) is 8.49. The van der Waals surface area contributed by atoms with E-state index >= 15 is 0 Å². The number of hydrogen-bond donors (Lipinski definition) is 0. The summed E-state index contributed by atoms with van der Waals surface area (Å²) in [5.74, 6) is -1.01. The third kappa shape index (κ3) is 4.50. The van der Waals surface area contributed by atoms with Crippen molar-refractivity contribution in [3.05, 3.63) is 0 Å². The Hall–Kier alpha value is -1.06. The van der Waals surface area contributed by atoms with Crippen LogP contribution >= 0.6 is 0 Å². The highest BCUT2D eigenvalue weighted by atomic mass is 16.6. The lowest BCUT2D eigenvalue weighted by Gasteiger charge is -2.18. The minimum atomic E-state index is -0.780. The van der Waals surface area contributed by atoms with E-state index in [1.165, 1.54) is 6.92 Å². The fourth-order valence-electron chi connectivity index (χ4n) is 0.860. The van der Waals surface area contributed by atoms with Crippen LogP contribution in [-0.2, 0) is 19.1 Å². The maximum Gasteiger partial charge on any atom is 0.347 e. The molecule has 0 unspecified atom stereocenters. The molecule has 0 aromatic heterocycles. The van der Waals surface area contributed by atoms with E-state index in [0.29, 0.717) is 6.61 Å². The van der Waals surface area contributed by atoms with Crippen molar-refractivity contribution in [2.24, 2.45) is 5.92 Å². The Morgan fingerprint density at radius 3 is 2.15 bits per heavy atom. The van der Waals surface area contributed by atoms with Gasteiger partial charge in [0.05, 0.1) is 6.61 Å². The molecule has 0 aliphatic rings. The zero-order chi connectivity index (χ0) is 10.4. The molecular weight excluding hydrogens is 172 g/mol. The quantitative estimate of drug-likeness (QED) is 0.621. The van der Waals surface area contributed by atoms with E-state index in [9.17, 15) is 9.59 Å². The number of carbonyl (C=O) groups is 2. The van der Waals surface area contributed by atoms with Gasteiger partial charge in [0.25, 0.3) is 0 Å². The van der Waals surface area contributed by atoms with Crippen molar-refractivity contribution in [2.45, 2.75) is 33.8 Å². The molecule has 0 aromatic carbocycles. The predicted molar refractivity (Wildman–Crippen MR) is 47.0 cm³/mol. The second-order valence-electron chi connectivity index (χ2n) is 3.03. The molecule has 0 amide bonds. The lowest BCUT2D eigenvalue weighted by atomic mass is 10.1. The van der Waals surface area contributed by atoms with Crippen LogP contribution in [0.5, 0.6) is 0 Å². The molecule has 0 saturated heterocycles. The van der Waals surface area contributed by atoms with E-state index < -0.39 is 18.0 Å². The Bertz CT molecular complexity index is 186.